The van der Waals surface area contributed by atoms with Gasteiger partial charge in [0.1, 0.15) is 0 Å². The number of hydrogen-bond donors (Lipinski definition) is 1. The summed E-state index contributed by atoms with van der Waals surface area (Å²) < 4.78 is 0. The van der Waals surface area contributed by atoms with Crippen LogP contribution in [0.5, 0.6) is 0 Å². The van der Waals surface area contributed by atoms with Crippen LogP contribution in [-0.4, -0.2) is 34.5 Å². The molecule has 15 heavy (non-hydrogen) atoms. The number of fused-ring (bicyclic) bond motifs is 1. The van der Waals surface area contributed by atoms with Gasteiger partial charge >= 0.3 is 0 Å². The highest BCUT2D eigenvalue weighted by Gasteiger charge is 2.17. The Morgan fingerprint density at radius 3 is 2.80 bits per heavy atom. The summed E-state index contributed by atoms with van der Waals surface area (Å²) in [6, 6.07) is 8.57. The lowest BCUT2D eigenvalue weighted by atomic mass is 10.00. The average molecular weight is 270 g/mol. The van der Waals surface area contributed by atoms with Gasteiger partial charge in [-0.2, -0.15) is 0 Å². The van der Waals surface area contributed by atoms with Crippen molar-refractivity contribution in [2.45, 2.75) is 19.1 Å². The number of alkyl halides is 1. The maximum Gasteiger partial charge on any atom is 0.0763 e. The Kier molecular flexibility index (Phi) is 3.78. The van der Waals surface area contributed by atoms with Crippen LogP contribution >= 0.6 is 15.9 Å². The molecule has 2 rings (SSSR count). The van der Waals surface area contributed by atoms with Crippen molar-refractivity contribution in [2.24, 2.45) is 0 Å². The van der Waals surface area contributed by atoms with Gasteiger partial charge in [-0.05, 0) is 17.5 Å². The number of aliphatic hydroxyl groups is 1. The highest BCUT2D eigenvalue weighted by Crippen LogP contribution is 2.18. The molecule has 1 aromatic carbocycles. The number of nitrogens with zero attached hydrogens (tertiary/aromatic N) is 1. The van der Waals surface area contributed by atoms with Crippen molar-refractivity contribution in [3.8, 4) is 0 Å². The molecule has 0 radical (unpaired) electrons. The van der Waals surface area contributed by atoms with E-state index < -0.39 is 0 Å². The van der Waals surface area contributed by atoms with Gasteiger partial charge in [-0.15, -0.1) is 0 Å². The minimum atomic E-state index is -0.254. The van der Waals surface area contributed by atoms with E-state index in [0.717, 1.165) is 26.1 Å². The molecule has 0 spiro atoms. The molecule has 82 valence electrons. The standard InChI is InChI=1S/C12H16BrNO/c13-7-12(15)9-14-6-5-10-3-1-2-4-11(10)8-14/h1-4,12,15H,5-9H2. The number of rotatable bonds is 3. The molecule has 0 aliphatic carbocycles. The Hall–Kier alpha value is -0.380. The van der Waals surface area contributed by atoms with E-state index >= 15 is 0 Å². The Morgan fingerprint density at radius 1 is 1.33 bits per heavy atom. The SMILES string of the molecule is OC(CBr)CN1CCc2ccccc2C1. The molecular weight excluding hydrogens is 254 g/mol. The van der Waals surface area contributed by atoms with E-state index in [4.69, 9.17) is 0 Å². The molecule has 0 fully saturated rings. The topological polar surface area (TPSA) is 23.5 Å². The molecule has 0 aromatic heterocycles. The molecule has 1 aliphatic heterocycles. The molecule has 0 amide bonds. The minimum Gasteiger partial charge on any atom is -0.391 e. The van der Waals surface area contributed by atoms with E-state index in [0.29, 0.717) is 5.33 Å². The first-order valence-corrected chi connectivity index (χ1v) is 6.45. The predicted octanol–water partition coefficient (Wildman–Crippen LogP) is 1.80. The van der Waals surface area contributed by atoms with Crippen molar-refractivity contribution < 1.29 is 5.11 Å². The molecule has 1 heterocycles. The van der Waals surface area contributed by atoms with Gasteiger partial charge in [0.05, 0.1) is 6.10 Å². The molecule has 1 unspecified atom stereocenters. The molecule has 1 aliphatic rings. The number of halogens is 1. The summed E-state index contributed by atoms with van der Waals surface area (Å²) in [5.74, 6) is 0. The number of hydrogen-bond acceptors (Lipinski definition) is 2. The highest BCUT2D eigenvalue weighted by molar-refractivity contribution is 9.09. The second-order valence-corrected chi connectivity index (χ2v) is 4.71. The van der Waals surface area contributed by atoms with Gasteiger partial charge in [-0.3, -0.25) is 4.90 Å². The summed E-state index contributed by atoms with van der Waals surface area (Å²) >= 11 is 3.30. The number of aliphatic hydroxyl groups excluding tert-OH is 1. The van der Waals surface area contributed by atoms with E-state index in [2.05, 4.69) is 45.1 Å². The third-order valence-electron chi connectivity index (χ3n) is 2.86. The maximum absolute atomic E-state index is 9.57. The average Bonchev–Trinajstić information content (AvgIpc) is 2.29. The molecule has 0 saturated heterocycles. The van der Waals surface area contributed by atoms with Crippen molar-refractivity contribution in [1.29, 1.82) is 0 Å². The number of benzene rings is 1. The minimum absolute atomic E-state index is 0.254. The Balaban J connectivity index is 1.99. The van der Waals surface area contributed by atoms with Crippen molar-refractivity contribution in [2.75, 3.05) is 18.4 Å². The summed E-state index contributed by atoms with van der Waals surface area (Å²) in [4.78, 5) is 2.31. The van der Waals surface area contributed by atoms with Crippen LogP contribution in [0, 0.1) is 0 Å². The van der Waals surface area contributed by atoms with Crippen molar-refractivity contribution in [3.63, 3.8) is 0 Å². The first-order chi connectivity index (χ1) is 7.29. The van der Waals surface area contributed by atoms with E-state index in [1.807, 2.05) is 0 Å². The molecule has 1 aromatic rings. The normalized spacial score (nSPS) is 18.5. The summed E-state index contributed by atoms with van der Waals surface area (Å²) in [6.07, 6.45) is 0.848. The van der Waals surface area contributed by atoms with Crippen LogP contribution < -0.4 is 0 Å². The first-order valence-electron chi connectivity index (χ1n) is 5.33. The quantitative estimate of drug-likeness (QED) is 0.847. The van der Waals surface area contributed by atoms with Crippen LogP contribution in [0.4, 0.5) is 0 Å². The third kappa shape index (κ3) is 2.80. The zero-order chi connectivity index (χ0) is 10.7. The molecule has 1 N–H and O–H groups in total. The molecular formula is C12H16BrNO. The van der Waals surface area contributed by atoms with Crippen LogP contribution in [-0.2, 0) is 13.0 Å². The van der Waals surface area contributed by atoms with Gasteiger partial charge in [0, 0.05) is 25.0 Å². The second-order valence-electron chi connectivity index (χ2n) is 4.06. The largest absolute Gasteiger partial charge is 0.391 e. The Bertz CT molecular complexity index is 329. The van der Waals surface area contributed by atoms with Gasteiger partial charge < -0.3 is 5.11 Å². The van der Waals surface area contributed by atoms with Gasteiger partial charge in [-0.25, -0.2) is 0 Å². The van der Waals surface area contributed by atoms with Crippen molar-refractivity contribution >= 4 is 15.9 Å². The molecule has 2 nitrogen and oxygen atoms in total. The maximum atomic E-state index is 9.57. The zero-order valence-electron chi connectivity index (χ0n) is 8.69. The van der Waals surface area contributed by atoms with Gasteiger partial charge in [0.2, 0.25) is 0 Å². The monoisotopic (exact) mass is 269 g/mol. The predicted molar refractivity (Wildman–Crippen MR) is 65.2 cm³/mol. The van der Waals surface area contributed by atoms with Crippen LogP contribution in [0.1, 0.15) is 11.1 Å². The molecule has 1 atom stereocenters. The summed E-state index contributed by atoms with van der Waals surface area (Å²) in [7, 11) is 0. The summed E-state index contributed by atoms with van der Waals surface area (Å²) in [6.45, 7) is 2.79. The Morgan fingerprint density at radius 2 is 2.07 bits per heavy atom. The lowest BCUT2D eigenvalue weighted by molar-refractivity contribution is 0.123. The van der Waals surface area contributed by atoms with E-state index in [1.54, 1.807) is 0 Å². The van der Waals surface area contributed by atoms with E-state index in [1.165, 1.54) is 11.1 Å². The smallest absolute Gasteiger partial charge is 0.0763 e. The lowest BCUT2D eigenvalue weighted by Crippen LogP contribution is -2.37. The first kappa shape index (κ1) is 11.1. The van der Waals surface area contributed by atoms with Crippen molar-refractivity contribution in [3.05, 3.63) is 35.4 Å². The molecule has 0 saturated carbocycles. The summed E-state index contributed by atoms with van der Waals surface area (Å²) in [5.41, 5.74) is 2.87. The number of β-amino-alcohol motifs (C(OH)–C–C–N with tert-alkyl or cyclic N) is 1. The van der Waals surface area contributed by atoms with Crippen LogP contribution in [0.2, 0.25) is 0 Å². The fourth-order valence-corrected chi connectivity index (χ4v) is 2.26. The third-order valence-corrected chi connectivity index (χ3v) is 3.60. The lowest BCUT2D eigenvalue weighted by Gasteiger charge is -2.29. The fraction of sp³-hybridized carbons (Fsp3) is 0.500. The molecule has 3 heteroatoms. The van der Waals surface area contributed by atoms with Gasteiger partial charge in [-0.1, -0.05) is 40.2 Å². The zero-order valence-corrected chi connectivity index (χ0v) is 10.3. The molecule has 0 bridgehead atoms. The highest BCUT2D eigenvalue weighted by atomic mass is 79.9. The van der Waals surface area contributed by atoms with Crippen LogP contribution in [0.15, 0.2) is 24.3 Å². The second kappa shape index (κ2) is 5.10. The van der Waals surface area contributed by atoms with Crippen LogP contribution in [0.25, 0.3) is 0 Å². The van der Waals surface area contributed by atoms with Gasteiger partial charge in [0.25, 0.3) is 0 Å². The summed E-state index contributed by atoms with van der Waals surface area (Å²) in [5, 5.41) is 10.2. The van der Waals surface area contributed by atoms with E-state index in [-0.39, 0.29) is 6.10 Å². The van der Waals surface area contributed by atoms with E-state index in [9.17, 15) is 5.11 Å². The van der Waals surface area contributed by atoms with Gasteiger partial charge in [0.15, 0.2) is 0 Å². The van der Waals surface area contributed by atoms with Crippen molar-refractivity contribution in [1.82, 2.24) is 4.90 Å². The fourth-order valence-electron chi connectivity index (χ4n) is 2.06. The Labute approximate surface area is 99.0 Å². The van der Waals surface area contributed by atoms with Crippen LogP contribution in [0.3, 0.4) is 0 Å².